The van der Waals surface area contributed by atoms with E-state index in [0.717, 1.165) is 24.3 Å². The zero-order chi connectivity index (χ0) is 21.4. The summed E-state index contributed by atoms with van der Waals surface area (Å²) in [5, 5.41) is 0. The van der Waals surface area contributed by atoms with Crippen molar-refractivity contribution in [1.29, 1.82) is 0 Å². The summed E-state index contributed by atoms with van der Waals surface area (Å²) < 4.78 is 90.7. The minimum atomic E-state index is -4.50. The lowest BCUT2D eigenvalue weighted by Gasteiger charge is -2.19. The summed E-state index contributed by atoms with van der Waals surface area (Å²) in [6.45, 7) is 1.99. The Hall–Kier alpha value is -2.27. The SMILES string of the molecule is Cc1ccc(N2CCCS2(=O)=O)cc1NS(=O)(=O)Cc1ccc(C(F)(F)F)cc1. The van der Waals surface area contributed by atoms with Gasteiger partial charge in [0.2, 0.25) is 20.0 Å². The summed E-state index contributed by atoms with van der Waals surface area (Å²) in [5.41, 5.74) is 0.501. The highest BCUT2D eigenvalue weighted by atomic mass is 32.2. The van der Waals surface area contributed by atoms with Gasteiger partial charge in [-0.2, -0.15) is 13.2 Å². The maximum Gasteiger partial charge on any atom is 0.416 e. The number of nitrogens with zero attached hydrogens (tertiary/aromatic N) is 1. The van der Waals surface area contributed by atoms with Gasteiger partial charge in [-0.25, -0.2) is 16.8 Å². The van der Waals surface area contributed by atoms with Crippen molar-refractivity contribution in [2.45, 2.75) is 25.3 Å². The monoisotopic (exact) mass is 448 g/mol. The molecule has 6 nitrogen and oxygen atoms in total. The van der Waals surface area contributed by atoms with Gasteiger partial charge in [0.1, 0.15) is 0 Å². The van der Waals surface area contributed by atoms with Crippen molar-refractivity contribution >= 4 is 31.4 Å². The van der Waals surface area contributed by atoms with E-state index in [4.69, 9.17) is 0 Å². The number of anilines is 2. The number of benzene rings is 2. The van der Waals surface area contributed by atoms with Gasteiger partial charge in [0.15, 0.2) is 0 Å². The number of rotatable bonds is 5. The van der Waals surface area contributed by atoms with E-state index in [1.807, 2.05) is 0 Å². The molecule has 1 N–H and O–H groups in total. The van der Waals surface area contributed by atoms with Gasteiger partial charge < -0.3 is 0 Å². The molecule has 0 unspecified atom stereocenters. The Morgan fingerprint density at radius 2 is 1.76 bits per heavy atom. The number of hydrogen-bond acceptors (Lipinski definition) is 4. The molecule has 2 aromatic carbocycles. The largest absolute Gasteiger partial charge is 0.416 e. The third-order valence-electron chi connectivity index (χ3n) is 4.51. The van der Waals surface area contributed by atoms with E-state index in [1.165, 1.54) is 10.4 Å². The molecule has 11 heteroatoms. The van der Waals surface area contributed by atoms with Crippen LogP contribution in [0.2, 0.25) is 0 Å². The van der Waals surface area contributed by atoms with Crippen LogP contribution in [0.15, 0.2) is 42.5 Å². The number of hydrogen-bond donors (Lipinski definition) is 1. The first kappa shape index (κ1) is 21.4. The molecule has 1 aliphatic heterocycles. The Balaban J connectivity index is 1.80. The summed E-state index contributed by atoms with van der Waals surface area (Å²) >= 11 is 0. The highest BCUT2D eigenvalue weighted by molar-refractivity contribution is 7.93. The smallest absolute Gasteiger partial charge is 0.283 e. The van der Waals surface area contributed by atoms with Crippen LogP contribution in [0.1, 0.15) is 23.1 Å². The topological polar surface area (TPSA) is 83.6 Å². The number of sulfonamides is 2. The van der Waals surface area contributed by atoms with Crippen molar-refractivity contribution in [2.75, 3.05) is 21.3 Å². The van der Waals surface area contributed by atoms with Gasteiger partial charge in [-0.05, 0) is 48.7 Å². The molecule has 2 aromatic rings. The normalized spacial score (nSPS) is 16.8. The molecule has 1 fully saturated rings. The van der Waals surface area contributed by atoms with Gasteiger partial charge in [0, 0.05) is 6.54 Å². The minimum absolute atomic E-state index is 0.0376. The van der Waals surface area contributed by atoms with E-state index in [-0.39, 0.29) is 17.0 Å². The van der Waals surface area contributed by atoms with E-state index >= 15 is 0 Å². The lowest BCUT2D eigenvalue weighted by Crippen LogP contribution is -2.25. The van der Waals surface area contributed by atoms with Gasteiger partial charge in [-0.15, -0.1) is 0 Å². The van der Waals surface area contributed by atoms with E-state index in [9.17, 15) is 30.0 Å². The van der Waals surface area contributed by atoms with E-state index in [1.54, 1.807) is 19.1 Å². The van der Waals surface area contributed by atoms with Crippen LogP contribution in [0.25, 0.3) is 0 Å². The molecule has 0 saturated carbocycles. The molecule has 0 amide bonds. The Morgan fingerprint density at radius 1 is 1.10 bits per heavy atom. The number of aryl methyl sites for hydroxylation is 1. The highest BCUT2D eigenvalue weighted by Gasteiger charge is 2.30. The summed E-state index contributed by atoms with van der Waals surface area (Å²) in [7, 11) is -7.34. The van der Waals surface area contributed by atoms with Crippen molar-refractivity contribution in [3.63, 3.8) is 0 Å². The van der Waals surface area contributed by atoms with Crippen LogP contribution < -0.4 is 9.03 Å². The molecule has 3 rings (SSSR count). The lowest BCUT2D eigenvalue weighted by atomic mass is 10.1. The van der Waals surface area contributed by atoms with Gasteiger partial charge >= 0.3 is 6.18 Å². The molecule has 158 valence electrons. The van der Waals surface area contributed by atoms with Crippen LogP contribution in [0.4, 0.5) is 24.5 Å². The van der Waals surface area contributed by atoms with Gasteiger partial charge in [0.25, 0.3) is 0 Å². The van der Waals surface area contributed by atoms with Crippen LogP contribution >= 0.6 is 0 Å². The molecule has 0 bridgehead atoms. The Morgan fingerprint density at radius 3 is 2.31 bits per heavy atom. The molecule has 0 aliphatic carbocycles. The first-order valence-corrected chi connectivity index (χ1v) is 11.9. The molecule has 0 spiro atoms. The summed E-state index contributed by atoms with van der Waals surface area (Å²) in [6.07, 6.45) is -4.01. The van der Waals surface area contributed by atoms with Gasteiger partial charge in [-0.1, -0.05) is 18.2 Å². The summed E-state index contributed by atoms with van der Waals surface area (Å²) in [6, 6.07) is 8.54. The molecule has 0 radical (unpaired) electrons. The fraction of sp³-hybridized carbons (Fsp3) is 0.333. The van der Waals surface area contributed by atoms with Gasteiger partial charge in [0.05, 0.1) is 28.4 Å². The average Bonchev–Trinajstić information content (AvgIpc) is 2.95. The third-order valence-corrected chi connectivity index (χ3v) is 7.63. The van der Waals surface area contributed by atoms with Crippen molar-refractivity contribution in [2.24, 2.45) is 0 Å². The second kappa shape index (κ2) is 7.52. The Bertz CT molecular complexity index is 1110. The predicted molar refractivity (Wildman–Crippen MR) is 105 cm³/mol. The average molecular weight is 448 g/mol. The van der Waals surface area contributed by atoms with E-state index in [2.05, 4.69) is 4.72 Å². The van der Waals surface area contributed by atoms with E-state index < -0.39 is 37.5 Å². The molecule has 29 heavy (non-hydrogen) atoms. The molecular formula is C18H19F3N2O4S2. The molecule has 1 aliphatic rings. The second-order valence-corrected chi connectivity index (χ2v) is 10.5. The van der Waals surface area contributed by atoms with E-state index in [0.29, 0.717) is 24.2 Å². The van der Waals surface area contributed by atoms with Crippen LogP contribution in [-0.4, -0.2) is 29.1 Å². The summed E-state index contributed by atoms with van der Waals surface area (Å²) in [5.74, 6) is -0.479. The predicted octanol–water partition coefficient (Wildman–Crippen LogP) is 3.50. The third kappa shape index (κ3) is 5.02. The van der Waals surface area contributed by atoms with Crippen molar-refractivity contribution < 1.29 is 30.0 Å². The Labute approximate surface area is 167 Å². The first-order valence-electron chi connectivity index (χ1n) is 8.65. The van der Waals surface area contributed by atoms with Crippen LogP contribution in [0.3, 0.4) is 0 Å². The van der Waals surface area contributed by atoms with Crippen LogP contribution in [-0.2, 0) is 32.0 Å². The first-order chi connectivity index (χ1) is 13.4. The maximum atomic E-state index is 12.6. The van der Waals surface area contributed by atoms with Crippen molar-refractivity contribution in [3.8, 4) is 0 Å². The van der Waals surface area contributed by atoms with Crippen molar-refractivity contribution in [3.05, 3.63) is 59.2 Å². The molecule has 1 heterocycles. The minimum Gasteiger partial charge on any atom is -0.283 e. The quantitative estimate of drug-likeness (QED) is 0.759. The standard InChI is InChI=1S/C18H19F3N2O4S2/c1-13-3-8-16(23-9-2-10-29(23,26)27)11-17(13)22-28(24,25)12-14-4-6-15(7-5-14)18(19,20)21/h3-8,11,22H,2,9-10,12H2,1H3. The fourth-order valence-electron chi connectivity index (χ4n) is 3.02. The number of alkyl halides is 3. The zero-order valence-corrected chi connectivity index (χ0v) is 17.0. The Kier molecular flexibility index (Phi) is 5.56. The lowest BCUT2D eigenvalue weighted by molar-refractivity contribution is -0.137. The number of nitrogens with one attached hydrogen (secondary N) is 1. The molecule has 0 aromatic heterocycles. The summed E-state index contributed by atoms with van der Waals surface area (Å²) in [4.78, 5) is 0. The zero-order valence-electron chi connectivity index (χ0n) is 15.4. The van der Waals surface area contributed by atoms with Crippen molar-refractivity contribution in [1.82, 2.24) is 0 Å². The number of halogens is 3. The molecular weight excluding hydrogens is 429 g/mol. The second-order valence-electron chi connectivity index (χ2n) is 6.80. The highest BCUT2D eigenvalue weighted by Crippen LogP contribution is 2.31. The maximum absolute atomic E-state index is 12.6. The molecule has 0 atom stereocenters. The van der Waals surface area contributed by atoms with Crippen LogP contribution in [0, 0.1) is 6.92 Å². The molecule has 1 saturated heterocycles. The fourth-order valence-corrected chi connectivity index (χ4v) is 5.83. The van der Waals surface area contributed by atoms with Crippen LogP contribution in [0.5, 0.6) is 0 Å². The van der Waals surface area contributed by atoms with Gasteiger partial charge in [-0.3, -0.25) is 9.03 Å².